The normalized spacial score (nSPS) is 19.2. The van der Waals surface area contributed by atoms with E-state index in [0.717, 1.165) is 24.8 Å². The van der Waals surface area contributed by atoms with Gasteiger partial charge in [0.25, 0.3) is 0 Å². The molecule has 1 aromatic carbocycles. The van der Waals surface area contributed by atoms with Gasteiger partial charge in [-0.2, -0.15) is 0 Å². The summed E-state index contributed by atoms with van der Waals surface area (Å²) < 4.78 is 5.11. The van der Waals surface area contributed by atoms with E-state index in [2.05, 4.69) is 12.2 Å². The first-order valence-corrected chi connectivity index (χ1v) is 8.47. The summed E-state index contributed by atoms with van der Waals surface area (Å²) in [5, 5.41) is 11.9. The Morgan fingerprint density at radius 1 is 1.29 bits per heavy atom. The molecule has 6 nitrogen and oxygen atoms in total. The summed E-state index contributed by atoms with van der Waals surface area (Å²) >= 11 is 0. The molecule has 2 N–H and O–H groups in total. The van der Waals surface area contributed by atoms with Crippen molar-refractivity contribution in [2.45, 2.75) is 38.8 Å². The van der Waals surface area contributed by atoms with Gasteiger partial charge in [0.1, 0.15) is 12.6 Å². The maximum atomic E-state index is 12.5. The second kappa shape index (κ2) is 9.27. The van der Waals surface area contributed by atoms with E-state index in [4.69, 9.17) is 4.74 Å². The van der Waals surface area contributed by atoms with Crippen LogP contribution in [0, 0.1) is 5.92 Å². The van der Waals surface area contributed by atoms with Crippen LogP contribution in [0.3, 0.4) is 0 Å². The molecule has 0 aliphatic carbocycles. The number of hydrogen-bond donors (Lipinski definition) is 2. The number of likely N-dealkylation sites (tertiary alicyclic amines) is 1. The number of carbonyl (C=O) groups excluding carboxylic acids is 2. The molecule has 132 valence electrons. The SMILES string of the molecule is CC1CCCN(C(=O)C(CO)NC(=O)OCc2ccccc2)CC1. The van der Waals surface area contributed by atoms with E-state index in [1.165, 1.54) is 0 Å². The second-order valence-electron chi connectivity index (χ2n) is 6.30. The van der Waals surface area contributed by atoms with Crippen molar-refractivity contribution in [2.24, 2.45) is 5.92 Å². The van der Waals surface area contributed by atoms with Crippen LogP contribution in [-0.4, -0.2) is 47.7 Å². The zero-order valence-electron chi connectivity index (χ0n) is 14.1. The van der Waals surface area contributed by atoms with Gasteiger partial charge in [0.2, 0.25) is 5.91 Å². The molecule has 2 rings (SSSR count). The molecule has 2 atom stereocenters. The number of carbonyl (C=O) groups is 2. The van der Waals surface area contributed by atoms with Gasteiger partial charge in [-0.1, -0.05) is 37.3 Å². The average Bonchev–Trinajstić information content (AvgIpc) is 2.82. The number of ether oxygens (including phenoxy) is 1. The lowest BCUT2D eigenvalue weighted by Crippen LogP contribution is -2.50. The number of nitrogens with one attached hydrogen (secondary N) is 1. The van der Waals surface area contributed by atoms with Crippen LogP contribution in [0.5, 0.6) is 0 Å². The van der Waals surface area contributed by atoms with Gasteiger partial charge >= 0.3 is 6.09 Å². The summed E-state index contributed by atoms with van der Waals surface area (Å²) in [7, 11) is 0. The minimum Gasteiger partial charge on any atom is -0.445 e. The fourth-order valence-electron chi connectivity index (χ4n) is 2.80. The van der Waals surface area contributed by atoms with Crippen LogP contribution in [0.25, 0.3) is 0 Å². The Hall–Kier alpha value is -2.08. The first kappa shape index (κ1) is 18.3. The predicted octanol–water partition coefficient (Wildman–Crippen LogP) is 1.92. The predicted molar refractivity (Wildman–Crippen MR) is 90.2 cm³/mol. The van der Waals surface area contributed by atoms with Crippen molar-refractivity contribution in [1.29, 1.82) is 0 Å². The molecule has 0 saturated carbocycles. The molecule has 0 spiro atoms. The van der Waals surface area contributed by atoms with Crippen molar-refractivity contribution in [3.05, 3.63) is 35.9 Å². The zero-order chi connectivity index (χ0) is 17.4. The highest BCUT2D eigenvalue weighted by Crippen LogP contribution is 2.17. The van der Waals surface area contributed by atoms with Crippen molar-refractivity contribution >= 4 is 12.0 Å². The van der Waals surface area contributed by atoms with E-state index in [-0.39, 0.29) is 12.5 Å². The number of aliphatic hydroxyl groups excluding tert-OH is 1. The van der Waals surface area contributed by atoms with Crippen molar-refractivity contribution in [1.82, 2.24) is 10.2 Å². The van der Waals surface area contributed by atoms with Gasteiger partial charge < -0.3 is 20.1 Å². The number of nitrogens with zero attached hydrogens (tertiary/aromatic N) is 1. The quantitative estimate of drug-likeness (QED) is 0.862. The average molecular weight is 334 g/mol. The smallest absolute Gasteiger partial charge is 0.408 e. The third-order valence-corrected chi connectivity index (χ3v) is 4.31. The third kappa shape index (κ3) is 5.53. The Labute approximate surface area is 142 Å². The number of hydrogen-bond acceptors (Lipinski definition) is 4. The Morgan fingerprint density at radius 3 is 2.75 bits per heavy atom. The molecule has 0 aromatic heterocycles. The van der Waals surface area contributed by atoms with Gasteiger partial charge in [-0.15, -0.1) is 0 Å². The van der Waals surface area contributed by atoms with Gasteiger partial charge in [0.05, 0.1) is 6.61 Å². The Kier molecular flexibility index (Phi) is 7.06. The van der Waals surface area contributed by atoms with Crippen molar-refractivity contribution in [3.8, 4) is 0 Å². The highest BCUT2D eigenvalue weighted by molar-refractivity contribution is 5.85. The van der Waals surface area contributed by atoms with Gasteiger partial charge in [0.15, 0.2) is 0 Å². The van der Waals surface area contributed by atoms with E-state index in [9.17, 15) is 14.7 Å². The van der Waals surface area contributed by atoms with Crippen LogP contribution in [0.1, 0.15) is 31.7 Å². The first-order chi connectivity index (χ1) is 11.6. The maximum Gasteiger partial charge on any atom is 0.408 e. The molecule has 0 bridgehead atoms. The number of amides is 2. The van der Waals surface area contributed by atoms with E-state index in [1.807, 2.05) is 30.3 Å². The van der Waals surface area contributed by atoms with Gasteiger partial charge in [-0.05, 0) is 30.7 Å². The number of benzene rings is 1. The van der Waals surface area contributed by atoms with Gasteiger partial charge in [-0.3, -0.25) is 4.79 Å². The van der Waals surface area contributed by atoms with E-state index in [1.54, 1.807) is 4.90 Å². The molecule has 0 radical (unpaired) electrons. The second-order valence-corrected chi connectivity index (χ2v) is 6.30. The summed E-state index contributed by atoms with van der Waals surface area (Å²) in [4.78, 5) is 26.1. The van der Waals surface area contributed by atoms with Gasteiger partial charge in [0, 0.05) is 13.1 Å². The molecule has 6 heteroatoms. The number of rotatable bonds is 5. The number of alkyl carbamates (subject to hydrolysis) is 1. The molecule has 2 unspecified atom stereocenters. The summed E-state index contributed by atoms with van der Waals surface area (Å²) in [6, 6.07) is 8.34. The standard InChI is InChI=1S/C18H26N2O4/c1-14-6-5-10-20(11-9-14)17(22)16(12-21)19-18(23)24-13-15-7-3-2-4-8-15/h2-4,7-8,14,16,21H,5-6,9-13H2,1H3,(H,19,23). The van der Waals surface area contributed by atoms with E-state index in [0.29, 0.717) is 19.0 Å². The highest BCUT2D eigenvalue weighted by atomic mass is 16.5. The summed E-state index contributed by atoms with van der Waals surface area (Å²) in [6.45, 7) is 3.19. The van der Waals surface area contributed by atoms with Crippen LogP contribution in [0.15, 0.2) is 30.3 Å². The summed E-state index contributed by atoms with van der Waals surface area (Å²) in [5.74, 6) is 0.349. The molecule has 24 heavy (non-hydrogen) atoms. The Bertz CT molecular complexity index is 535. The molecule has 1 saturated heterocycles. The van der Waals surface area contributed by atoms with E-state index < -0.39 is 18.7 Å². The van der Waals surface area contributed by atoms with Crippen LogP contribution >= 0.6 is 0 Å². The van der Waals surface area contributed by atoms with Crippen molar-refractivity contribution in [2.75, 3.05) is 19.7 Å². The topological polar surface area (TPSA) is 78.9 Å². The fraction of sp³-hybridized carbons (Fsp3) is 0.556. The molecule has 2 amide bonds. The van der Waals surface area contributed by atoms with Crippen LogP contribution in [-0.2, 0) is 16.1 Å². The minimum atomic E-state index is -0.957. The Balaban J connectivity index is 1.83. The summed E-state index contributed by atoms with van der Waals surface area (Å²) in [6.07, 6.45) is 2.29. The minimum absolute atomic E-state index is 0.125. The van der Waals surface area contributed by atoms with Crippen molar-refractivity contribution in [3.63, 3.8) is 0 Å². The third-order valence-electron chi connectivity index (χ3n) is 4.31. The molecule has 1 aliphatic rings. The highest BCUT2D eigenvalue weighted by Gasteiger charge is 2.27. The van der Waals surface area contributed by atoms with Crippen molar-refractivity contribution < 1.29 is 19.4 Å². The molecule has 1 heterocycles. The largest absolute Gasteiger partial charge is 0.445 e. The number of aliphatic hydroxyl groups is 1. The lowest BCUT2D eigenvalue weighted by molar-refractivity contribution is -0.134. The molecular weight excluding hydrogens is 308 g/mol. The lowest BCUT2D eigenvalue weighted by atomic mass is 10.0. The zero-order valence-corrected chi connectivity index (χ0v) is 14.1. The monoisotopic (exact) mass is 334 g/mol. The molecule has 1 aliphatic heterocycles. The lowest BCUT2D eigenvalue weighted by Gasteiger charge is -2.25. The molecular formula is C18H26N2O4. The first-order valence-electron chi connectivity index (χ1n) is 8.47. The van der Waals surface area contributed by atoms with Crippen LogP contribution in [0.4, 0.5) is 4.79 Å². The molecule has 1 fully saturated rings. The van der Waals surface area contributed by atoms with E-state index >= 15 is 0 Å². The van der Waals surface area contributed by atoms with Crippen LogP contribution in [0.2, 0.25) is 0 Å². The van der Waals surface area contributed by atoms with Crippen LogP contribution < -0.4 is 5.32 Å². The fourth-order valence-corrected chi connectivity index (χ4v) is 2.80. The van der Waals surface area contributed by atoms with Gasteiger partial charge in [-0.25, -0.2) is 4.79 Å². The maximum absolute atomic E-state index is 12.5. The summed E-state index contributed by atoms with van der Waals surface area (Å²) in [5.41, 5.74) is 0.862. The molecule has 1 aromatic rings. The Morgan fingerprint density at radius 2 is 2.04 bits per heavy atom.